The highest BCUT2D eigenvalue weighted by atomic mass is 16.5. The highest BCUT2D eigenvalue weighted by molar-refractivity contribution is 5.33. The van der Waals surface area contributed by atoms with Gasteiger partial charge >= 0.3 is 0 Å². The molecule has 1 unspecified atom stereocenters. The van der Waals surface area contributed by atoms with E-state index in [1.807, 2.05) is 30.3 Å². The third kappa shape index (κ3) is 2.74. The summed E-state index contributed by atoms with van der Waals surface area (Å²) in [6.07, 6.45) is 2.41. The lowest BCUT2D eigenvalue weighted by Crippen LogP contribution is -2.57. The van der Waals surface area contributed by atoms with E-state index in [0.29, 0.717) is 6.04 Å². The van der Waals surface area contributed by atoms with Crippen LogP contribution in [0.5, 0.6) is 5.75 Å². The van der Waals surface area contributed by atoms with Gasteiger partial charge in [0.15, 0.2) is 6.23 Å². The summed E-state index contributed by atoms with van der Waals surface area (Å²) in [5.74, 6) is 0.955. The Labute approximate surface area is 131 Å². The first-order valence-corrected chi connectivity index (χ1v) is 8.15. The van der Waals surface area contributed by atoms with Gasteiger partial charge in [-0.3, -0.25) is 4.90 Å². The van der Waals surface area contributed by atoms with Crippen molar-refractivity contribution in [1.29, 1.82) is 0 Å². The minimum Gasteiger partial charge on any atom is -0.474 e. The van der Waals surface area contributed by atoms with Crippen molar-refractivity contribution in [2.24, 2.45) is 0 Å². The fourth-order valence-electron chi connectivity index (χ4n) is 3.65. The van der Waals surface area contributed by atoms with Crippen LogP contribution in [0.2, 0.25) is 0 Å². The van der Waals surface area contributed by atoms with Gasteiger partial charge in [0, 0.05) is 25.7 Å². The number of piperazine rings is 1. The summed E-state index contributed by atoms with van der Waals surface area (Å²) in [5, 5.41) is 3.46. The molecule has 1 aliphatic carbocycles. The van der Waals surface area contributed by atoms with Crippen molar-refractivity contribution in [1.82, 2.24) is 10.2 Å². The maximum absolute atomic E-state index is 6.24. The number of hydrogen-bond acceptors (Lipinski definition) is 3. The van der Waals surface area contributed by atoms with Crippen LogP contribution in [0.4, 0.5) is 0 Å². The number of benzene rings is 2. The lowest BCUT2D eigenvalue weighted by molar-refractivity contribution is -0.0194. The summed E-state index contributed by atoms with van der Waals surface area (Å²) >= 11 is 0. The van der Waals surface area contributed by atoms with E-state index in [9.17, 15) is 0 Å². The van der Waals surface area contributed by atoms with Crippen LogP contribution >= 0.6 is 0 Å². The molecule has 2 aromatic carbocycles. The Morgan fingerprint density at radius 3 is 2.32 bits per heavy atom. The van der Waals surface area contributed by atoms with Gasteiger partial charge in [-0.2, -0.15) is 0 Å². The molecular formula is C19H22N2O. The van der Waals surface area contributed by atoms with Crippen molar-refractivity contribution >= 4 is 0 Å². The molecule has 0 amide bonds. The molecule has 1 atom stereocenters. The summed E-state index contributed by atoms with van der Waals surface area (Å²) in [6, 6.07) is 19.6. The van der Waals surface area contributed by atoms with Crippen molar-refractivity contribution in [2.45, 2.75) is 25.1 Å². The van der Waals surface area contributed by atoms with E-state index in [-0.39, 0.29) is 6.23 Å². The number of rotatable bonds is 3. The van der Waals surface area contributed by atoms with Crippen LogP contribution < -0.4 is 10.1 Å². The zero-order valence-corrected chi connectivity index (χ0v) is 12.7. The smallest absolute Gasteiger partial charge is 0.165 e. The predicted octanol–water partition coefficient (Wildman–Crippen LogP) is 2.46. The highest BCUT2D eigenvalue weighted by Gasteiger charge is 2.33. The van der Waals surface area contributed by atoms with E-state index < -0.39 is 0 Å². The Hall–Kier alpha value is -1.84. The minimum atomic E-state index is 0.121. The molecule has 3 nitrogen and oxygen atoms in total. The lowest BCUT2D eigenvalue weighted by Gasteiger charge is -2.39. The van der Waals surface area contributed by atoms with Gasteiger partial charge in [0.2, 0.25) is 0 Å². The third-order valence-electron chi connectivity index (χ3n) is 4.75. The minimum absolute atomic E-state index is 0.121. The molecule has 0 aromatic heterocycles. The topological polar surface area (TPSA) is 24.5 Å². The number of hydrogen-bond donors (Lipinski definition) is 1. The normalized spacial score (nSPS) is 22.5. The summed E-state index contributed by atoms with van der Waals surface area (Å²) in [7, 11) is 0. The molecule has 1 aliphatic heterocycles. The van der Waals surface area contributed by atoms with Gasteiger partial charge in [0.25, 0.3) is 0 Å². The van der Waals surface area contributed by atoms with Crippen molar-refractivity contribution in [2.75, 3.05) is 19.6 Å². The van der Waals surface area contributed by atoms with Gasteiger partial charge in [-0.05, 0) is 36.1 Å². The molecule has 2 aliphatic rings. The Kier molecular flexibility index (Phi) is 3.83. The van der Waals surface area contributed by atoms with Gasteiger partial charge in [0.05, 0.1) is 0 Å². The molecule has 1 saturated heterocycles. The molecule has 4 rings (SSSR count). The van der Waals surface area contributed by atoms with Crippen LogP contribution in [0.15, 0.2) is 54.6 Å². The average molecular weight is 294 g/mol. The maximum Gasteiger partial charge on any atom is 0.165 e. The van der Waals surface area contributed by atoms with E-state index in [4.69, 9.17) is 4.74 Å². The molecule has 22 heavy (non-hydrogen) atoms. The Morgan fingerprint density at radius 2 is 1.59 bits per heavy atom. The zero-order valence-electron chi connectivity index (χ0n) is 12.7. The summed E-state index contributed by atoms with van der Waals surface area (Å²) in [6.45, 7) is 2.99. The van der Waals surface area contributed by atoms with E-state index in [0.717, 1.165) is 38.2 Å². The molecule has 1 N–H and O–H groups in total. The van der Waals surface area contributed by atoms with Crippen molar-refractivity contribution in [3.63, 3.8) is 0 Å². The highest BCUT2D eigenvalue weighted by Crippen LogP contribution is 2.27. The second-order valence-corrected chi connectivity index (χ2v) is 6.16. The first-order valence-electron chi connectivity index (χ1n) is 8.15. The summed E-state index contributed by atoms with van der Waals surface area (Å²) in [4.78, 5) is 2.55. The van der Waals surface area contributed by atoms with E-state index in [2.05, 4.69) is 34.5 Å². The van der Waals surface area contributed by atoms with Crippen molar-refractivity contribution < 1.29 is 4.74 Å². The van der Waals surface area contributed by atoms with Crippen LogP contribution in [-0.2, 0) is 12.8 Å². The van der Waals surface area contributed by atoms with Gasteiger partial charge in [-0.1, -0.05) is 42.5 Å². The first kappa shape index (κ1) is 13.8. The van der Waals surface area contributed by atoms with Crippen molar-refractivity contribution in [3.05, 3.63) is 65.7 Å². The van der Waals surface area contributed by atoms with Gasteiger partial charge in [0.1, 0.15) is 5.75 Å². The lowest BCUT2D eigenvalue weighted by atomic mass is 10.1. The third-order valence-corrected chi connectivity index (χ3v) is 4.75. The number of ether oxygens (including phenoxy) is 1. The van der Waals surface area contributed by atoms with E-state index in [1.54, 1.807) is 0 Å². The molecular weight excluding hydrogens is 272 g/mol. The number of nitrogens with one attached hydrogen (secondary N) is 1. The second kappa shape index (κ2) is 6.11. The second-order valence-electron chi connectivity index (χ2n) is 6.16. The Balaban J connectivity index is 1.50. The largest absolute Gasteiger partial charge is 0.474 e. The molecule has 0 saturated carbocycles. The molecule has 3 heteroatoms. The van der Waals surface area contributed by atoms with Crippen molar-refractivity contribution in [3.8, 4) is 5.75 Å². The number of nitrogens with zero attached hydrogens (tertiary/aromatic N) is 1. The summed E-state index contributed by atoms with van der Waals surface area (Å²) in [5.41, 5.74) is 3.01. The SMILES string of the molecule is c1ccc(OC2CNCCN2C2Cc3ccccc3C2)cc1. The summed E-state index contributed by atoms with van der Waals surface area (Å²) < 4.78 is 6.24. The Morgan fingerprint density at radius 1 is 0.909 bits per heavy atom. The van der Waals surface area contributed by atoms with Gasteiger partial charge in [-0.25, -0.2) is 0 Å². The van der Waals surface area contributed by atoms with Crippen LogP contribution in [0, 0.1) is 0 Å². The fraction of sp³-hybridized carbons (Fsp3) is 0.368. The molecule has 114 valence electrons. The van der Waals surface area contributed by atoms with Crippen LogP contribution in [0.3, 0.4) is 0 Å². The van der Waals surface area contributed by atoms with E-state index in [1.165, 1.54) is 11.1 Å². The van der Waals surface area contributed by atoms with Crippen LogP contribution in [0.1, 0.15) is 11.1 Å². The average Bonchev–Trinajstić information content (AvgIpc) is 3.00. The molecule has 0 radical (unpaired) electrons. The first-order chi connectivity index (χ1) is 10.9. The quantitative estimate of drug-likeness (QED) is 0.941. The molecule has 2 aromatic rings. The molecule has 1 fully saturated rings. The Bertz CT molecular complexity index is 603. The standard InChI is InChI=1S/C19H22N2O/c1-2-8-18(9-3-1)22-19-14-20-10-11-21(19)17-12-15-6-4-5-7-16(15)13-17/h1-9,17,19-20H,10-14H2. The number of fused-ring (bicyclic) bond motifs is 1. The monoisotopic (exact) mass is 294 g/mol. The van der Waals surface area contributed by atoms with Crippen LogP contribution in [0.25, 0.3) is 0 Å². The predicted molar refractivity (Wildman–Crippen MR) is 88.1 cm³/mol. The zero-order chi connectivity index (χ0) is 14.8. The van der Waals surface area contributed by atoms with E-state index >= 15 is 0 Å². The molecule has 0 spiro atoms. The van der Waals surface area contributed by atoms with Gasteiger partial charge in [-0.15, -0.1) is 0 Å². The molecule has 1 heterocycles. The fourth-order valence-corrected chi connectivity index (χ4v) is 3.65. The van der Waals surface area contributed by atoms with Crippen LogP contribution in [-0.4, -0.2) is 36.8 Å². The van der Waals surface area contributed by atoms with Gasteiger partial charge < -0.3 is 10.1 Å². The maximum atomic E-state index is 6.24. The molecule has 0 bridgehead atoms. The number of para-hydroxylation sites is 1.